The molecule has 0 saturated heterocycles. The SMILES string of the molecule is CCn1c(SCC(=O)Nc2cccc(OC)c2)nc2ncccc2c1=O. The van der Waals surface area contributed by atoms with E-state index in [1.165, 1.54) is 11.8 Å². The fourth-order valence-corrected chi connectivity index (χ4v) is 3.30. The minimum absolute atomic E-state index is 0.127. The molecule has 1 N–H and O–H groups in total. The van der Waals surface area contributed by atoms with E-state index in [4.69, 9.17) is 4.74 Å². The summed E-state index contributed by atoms with van der Waals surface area (Å²) in [6, 6.07) is 10.5. The van der Waals surface area contributed by atoms with Gasteiger partial charge in [0, 0.05) is 24.5 Å². The molecule has 1 amide bonds. The monoisotopic (exact) mass is 370 g/mol. The Morgan fingerprint density at radius 1 is 1.31 bits per heavy atom. The second-order valence-electron chi connectivity index (χ2n) is 5.39. The Hall–Kier alpha value is -2.87. The van der Waals surface area contributed by atoms with E-state index in [0.717, 1.165) is 0 Å². The average Bonchev–Trinajstić information content (AvgIpc) is 2.66. The van der Waals surface area contributed by atoms with Gasteiger partial charge in [0.1, 0.15) is 5.75 Å². The van der Waals surface area contributed by atoms with Crippen LogP contribution < -0.4 is 15.6 Å². The zero-order chi connectivity index (χ0) is 18.5. The van der Waals surface area contributed by atoms with Crippen LogP contribution in [-0.4, -0.2) is 33.3 Å². The topological polar surface area (TPSA) is 86.1 Å². The van der Waals surface area contributed by atoms with Gasteiger partial charge in [-0.15, -0.1) is 0 Å². The van der Waals surface area contributed by atoms with Crippen molar-refractivity contribution < 1.29 is 9.53 Å². The van der Waals surface area contributed by atoms with E-state index in [0.29, 0.717) is 34.2 Å². The smallest absolute Gasteiger partial charge is 0.263 e. The number of carbonyl (C=O) groups is 1. The van der Waals surface area contributed by atoms with Crippen molar-refractivity contribution in [2.75, 3.05) is 18.2 Å². The van der Waals surface area contributed by atoms with Crippen LogP contribution in [0.25, 0.3) is 11.0 Å². The minimum Gasteiger partial charge on any atom is -0.497 e. The normalized spacial score (nSPS) is 10.7. The number of pyridine rings is 1. The fraction of sp³-hybridized carbons (Fsp3) is 0.222. The first-order valence-corrected chi connectivity index (χ1v) is 9.03. The molecule has 0 spiro atoms. The zero-order valence-corrected chi connectivity index (χ0v) is 15.2. The van der Waals surface area contributed by atoms with Gasteiger partial charge in [-0.3, -0.25) is 14.2 Å². The molecular formula is C18H18N4O3S. The van der Waals surface area contributed by atoms with Crippen LogP contribution in [0.2, 0.25) is 0 Å². The molecule has 0 atom stereocenters. The predicted molar refractivity (Wildman–Crippen MR) is 102 cm³/mol. The van der Waals surface area contributed by atoms with Crippen molar-refractivity contribution in [3.63, 3.8) is 0 Å². The molecule has 0 aliphatic carbocycles. The van der Waals surface area contributed by atoms with E-state index < -0.39 is 0 Å². The quantitative estimate of drug-likeness (QED) is 0.530. The van der Waals surface area contributed by atoms with Gasteiger partial charge in [-0.2, -0.15) is 0 Å². The summed E-state index contributed by atoms with van der Waals surface area (Å²) in [5, 5.41) is 3.75. The highest BCUT2D eigenvalue weighted by Crippen LogP contribution is 2.19. The molecule has 3 rings (SSSR count). The summed E-state index contributed by atoms with van der Waals surface area (Å²) in [6.07, 6.45) is 1.59. The number of carbonyl (C=O) groups excluding carboxylic acids is 1. The Balaban J connectivity index is 1.76. The number of benzene rings is 1. The van der Waals surface area contributed by atoms with Crippen LogP contribution in [0.3, 0.4) is 0 Å². The van der Waals surface area contributed by atoms with Crippen LogP contribution in [0.5, 0.6) is 5.75 Å². The van der Waals surface area contributed by atoms with E-state index in [1.807, 2.05) is 6.92 Å². The number of thioether (sulfide) groups is 1. The summed E-state index contributed by atoms with van der Waals surface area (Å²) in [7, 11) is 1.57. The first-order chi connectivity index (χ1) is 12.6. The number of anilines is 1. The molecule has 2 heterocycles. The molecule has 0 unspecified atom stereocenters. The van der Waals surface area contributed by atoms with Crippen molar-refractivity contribution in [2.45, 2.75) is 18.6 Å². The molecule has 0 bridgehead atoms. The zero-order valence-electron chi connectivity index (χ0n) is 14.4. The van der Waals surface area contributed by atoms with E-state index >= 15 is 0 Å². The molecule has 0 saturated carbocycles. The number of amides is 1. The Labute approximate surface area is 154 Å². The predicted octanol–water partition coefficient (Wildman–Crippen LogP) is 2.55. The van der Waals surface area contributed by atoms with Gasteiger partial charge in [-0.1, -0.05) is 17.8 Å². The molecule has 7 nitrogen and oxygen atoms in total. The Kier molecular flexibility index (Phi) is 5.52. The second kappa shape index (κ2) is 8.01. The summed E-state index contributed by atoms with van der Waals surface area (Å²) in [4.78, 5) is 33.3. The van der Waals surface area contributed by atoms with Crippen molar-refractivity contribution in [1.29, 1.82) is 0 Å². The molecule has 2 aromatic heterocycles. The number of hydrogen-bond acceptors (Lipinski definition) is 6. The van der Waals surface area contributed by atoms with Crippen LogP contribution in [0.1, 0.15) is 6.92 Å². The third-order valence-electron chi connectivity index (χ3n) is 3.70. The van der Waals surface area contributed by atoms with E-state index in [1.54, 1.807) is 54.3 Å². The molecule has 0 aliphatic rings. The highest BCUT2D eigenvalue weighted by atomic mass is 32.2. The molecular weight excluding hydrogens is 352 g/mol. The van der Waals surface area contributed by atoms with Crippen LogP contribution in [-0.2, 0) is 11.3 Å². The first kappa shape index (κ1) is 17.9. The van der Waals surface area contributed by atoms with Gasteiger partial charge in [0.05, 0.1) is 18.2 Å². The van der Waals surface area contributed by atoms with E-state index in [2.05, 4.69) is 15.3 Å². The van der Waals surface area contributed by atoms with Gasteiger partial charge in [-0.05, 0) is 31.2 Å². The van der Waals surface area contributed by atoms with Gasteiger partial charge < -0.3 is 10.1 Å². The van der Waals surface area contributed by atoms with Gasteiger partial charge in [0.15, 0.2) is 10.8 Å². The van der Waals surface area contributed by atoms with Crippen LogP contribution in [0.15, 0.2) is 52.5 Å². The average molecular weight is 370 g/mol. The number of rotatable bonds is 6. The standard InChI is InChI=1S/C18H18N4O3S/c1-3-22-17(24)14-8-5-9-19-16(14)21-18(22)26-11-15(23)20-12-6-4-7-13(10-12)25-2/h4-10H,3,11H2,1-2H3,(H,20,23). The fourth-order valence-electron chi connectivity index (χ4n) is 2.45. The van der Waals surface area contributed by atoms with Crippen molar-refractivity contribution in [3.8, 4) is 5.75 Å². The number of ether oxygens (including phenoxy) is 1. The van der Waals surface area contributed by atoms with Gasteiger partial charge in [0.25, 0.3) is 5.56 Å². The molecule has 134 valence electrons. The largest absolute Gasteiger partial charge is 0.497 e. The lowest BCUT2D eigenvalue weighted by atomic mass is 10.3. The summed E-state index contributed by atoms with van der Waals surface area (Å²) < 4.78 is 6.69. The molecule has 0 aliphatic heterocycles. The Morgan fingerprint density at radius 3 is 2.92 bits per heavy atom. The molecule has 26 heavy (non-hydrogen) atoms. The molecule has 0 fully saturated rings. The summed E-state index contributed by atoms with van der Waals surface area (Å²) in [6.45, 7) is 2.34. The maximum atomic E-state index is 12.5. The number of nitrogens with zero attached hydrogens (tertiary/aromatic N) is 3. The molecule has 3 aromatic rings. The van der Waals surface area contributed by atoms with E-state index in [9.17, 15) is 9.59 Å². The Bertz CT molecular complexity index is 1000. The van der Waals surface area contributed by atoms with E-state index in [-0.39, 0.29) is 17.2 Å². The van der Waals surface area contributed by atoms with Gasteiger partial charge >= 0.3 is 0 Å². The number of nitrogens with one attached hydrogen (secondary N) is 1. The lowest BCUT2D eigenvalue weighted by Gasteiger charge is -2.11. The third-order valence-corrected chi connectivity index (χ3v) is 4.67. The van der Waals surface area contributed by atoms with Crippen LogP contribution >= 0.6 is 11.8 Å². The summed E-state index contributed by atoms with van der Waals surface area (Å²) in [5.41, 5.74) is 0.884. The minimum atomic E-state index is -0.193. The van der Waals surface area contributed by atoms with Crippen molar-refractivity contribution >= 4 is 34.4 Å². The number of fused-ring (bicyclic) bond motifs is 1. The molecule has 1 aromatic carbocycles. The maximum absolute atomic E-state index is 12.5. The van der Waals surface area contributed by atoms with Crippen LogP contribution in [0.4, 0.5) is 5.69 Å². The highest BCUT2D eigenvalue weighted by molar-refractivity contribution is 7.99. The third kappa shape index (κ3) is 3.85. The number of aromatic nitrogens is 3. The number of methoxy groups -OCH3 is 1. The maximum Gasteiger partial charge on any atom is 0.263 e. The lowest BCUT2D eigenvalue weighted by molar-refractivity contribution is -0.113. The first-order valence-electron chi connectivity index (χ1n) is 8.04. The lowest BCUT2D eigenvalue weighted by Crippen LogP contribution is -2.23. The highest BCUT2D eigenvalue weighted by Gasteiger charge is 2.13. The number of hydrogen-bond donors (Lipinski definition) is 1. The molecule has 8 heteroatoms. The van der Waals surface area contributed by atoms with Crippen molar-refractivity contribution in [3.05, 3.63) is 52.9 Å². The van der Waals surface area contributed by atoms with Crippen molar-refractivity contribution in [2.24, 2.45) is 0 Å². The van der Waals surface area contributed by atoms with Crippen molar-refractivity contribution in [1.82, 2.24) is 14.5 Å². The molecule has 0 radical (unpaired) electrons. The van der Waals surface area contributed by atoms with Crippen LogP contribution in [0, 0.1) is 0 Å². The second-order valence-corrected chi connectivity index (χ2v) is 6.33. The van der Waals surface area contributed by atoms with Gasteiger partial charge in [-0.25, -0.2) is 9.97 Å². The summed E-state index contributed by atoms with van der Waals surface area (Å²) in [5.74, 6) is 0.598. The summed E-state index contributed by atoms with van der Waals surface area (Å²) >= 11 is 1.21. The Morgan fingerprint density at radius 2 is 2.15 bits per heavy atom. The van der Waals surface area contributed by atoms with Gasteiger partial charge in [0.2, 0.25) is 5.91 Å².